The lowest BCUT2D eigenvalue weighted by Crippen LogP contribution is -2.38. The Labute approximate surface area is 233 Å². The molecule has 1 atom stereocenters. The molecule has 2 aliphatic heterocycles. The summed E-state index contributed by atoms with van der Waals surface area (Å²) in [6, 6.07) is 13.1. The SMILES string of the molecule is Cc1cnc(NC2CCOCC2)nc1-c1ccc2c(c1)C(=O)N(CC(=O)N[C@H](C)c1cccc(OCCO)c1)C2. The van der Waals surface area contributed by atoms with Gasteiger partial charge in [0.25, 0.3) is 5.91 Å². The minimum atomic E-state index is -0.276. The quantitative estimate of drug-likeness (QED) is 0.355. The zero-order chi connectivity index (χ0) is 28.1. The summed E-state index contributed by atoms with van der Waals surface area (Å²) in [4.78, 5) is 36.9. The van der Waals surface area contributed by atoms with Crippen LogP contribution < -0.4 is 15.4 Å². The van der Waals surface area contributed by atoms with Crippen LogP contribution in [0.2, 0.25) is 0 Å². The number of aryl methyl sites for hydroxylation is 1. The van der Waals surface area contributed by atoms with Gasteiger partial charge in [-0.1, -0.05) is 24.3 Å². The fourth-order valence-electron chi connectivity index (χ4n) is 5.05. The Bertz CT molecular complexity index is 1370. The van der Waals surface area contributed by atoms with E-state index in [-0.39, 0.29) is 43.7 Å². The van der Waals surface area contributed by atoms with Gasteiger partial charge in [0.2, 0.25) is 11.9 Å². The van der Waals surface area contributed by atoms with E-state index in [0.29, 0.717) is 23.8 Å². The van der Waals surface area contributed by atoms with Crippen molar-refractivity contribution in [3.8, 4) is 17.0 Å². The Kier molecular flexibility index (Phi) is 8.57. The number of aromatic nitrogens is 2. The molecule has 2 aromatic carbocycles. The Morgan fingerprint density at radius 1 is 1.23 bits per heavy atom. The number of hydrogen-bond donors (Lipinski definition) is 3. The lowest BCUT2D eigenvalue weighted by Gasteiger charge is -2.23. The van der Waals surface area contributed by atoms with E-state index in [4.69, 9.17) is 19.6 Å². The van der Waals surface area contributed by atoms with Crippen LogP contribution in [-0.2, 0) is 16.1 Å². The number of nitrogens with zero attached hydrogens (tertiary/aromatic N) is 3. The molecule has 3 heterocycles. The highest BCUT2D eigenvalue weighted by Crippen LogP contribution is 2.30. The van der Waals surface area contributed by atoms with Gasteiger partial charge in [-0.3, -0.25) is 9.59 Å². The second kappa shape index (κ2) is 12.4. The molecule has 1 saturated heterocycles. The highest BCUT2D eigenvalue weighted by molar-refractivity contribution is 6.01. The first-order valence-electron chi connectivity index (χ1n) is 13.6. The van der Waals surface area contributed by atoms with Crippen molar-refractivity contribution in [3.63, 3.8) is 0 Å². The number of hydrogen-bond acceptors (Lipinski definition) is 8. The second-order valence-corrected chi connectivity index (χ2v) is 10.2. The summed E-state index contributed by atoms with van der Waals surface area (Å²) < 4.78 is 10.9. The Hall–Kier alpha value is -4.02. The number of nitrogens with one attached hydrogen (secondary N) is 2. The highest BCUT2D eigenvalue weighted by Gasteiger charge is 2.30. The van der Waals surface area contributed by atoms with Gasteiger partial charge in [-0.05, 0) is 61.6 Å². The van der Waals surface area contributed by atoms with Crippen LogP contribution in [0, 0.1) is 6.92 Å². The van der Waals surface area contributed by atoms with Crippen LogP contribution in [0.15, 0.2) is 48.7 Å². The maximum atomic E-state index is 13.3. The van der Waals surface area contributed by atoms with E-state index < -0.39 is 0 Å². The van der Waals surface area contributed by atoms with Crippen LogP contribution in [0.5, 0.6) is 5.75 Å². The highest BCUT2D eigenvalue weighted by atomic mass is 16.5. The number of benzene rings is 2. The molecule has 0 radical (unpaired) electrons. The fourth-order valence-corrected chi connectivity index (χ4v) is 5.05. The second-order valence-electron chi connectivity index (χ2n) is 10.2. The molecule has 1 fully saturated rings. The minimum Gasteiger partial charge on any atom is -0.491 e. The summed E-state index contributed by atoms with van der Waals surface area (Å²) in [5.41, 5.74) is 4.87. The predicted molar refractivity (Wildman–Crippen MR) is 150 cm³/mol. The third-order valence-corrected chi connectivity index (χ3v) is 7.22. The fraction of sp³-hybridized carbons (Fsp3) is 0.400. The van der Waals surface area contributed by atoms with Gasteiger partial charge in [0.05, 0.1) is 18.3 Å². The molecule has 0 bridgehead atoms. The average molecular weight is 546 g/mol. The topological polar surface area (TPSA) is 126 Å². The van der Waals surface area contributed by atoms with Crippen molar-refractivity contribution in [2.75, 3.05) is 38.3 Å². The van der Waals surface area contributed by atoms with Gasteiger partial charge in [0.15, 0.2) is 0 Å². The molecule has 0 aliphatic carbocycles. The van der Waals surface area contributed by atoms with Crippen LogP contribution in [0.3, 0.4) is 0 Å². The summed E-state index contributed by atoms with van der Waals surface area (Å²) in [6.45, 7) is 5.75. The molecule has 2 aliphatic rings. The molecular weight excluding hydrogens is 510 g/mol. The van der Waals surface area contributed by atoms with Crippen LogP contribution in [-0.4, -0.2) is 70.8 Å². The standard InChI is InChI=1S/C30H35N5O5/c1-19-16-31-30(33-24-8-11-39-12-9-24)34-28(19)22-6-7-23-17-35(29(38)26(23)15-22)18-27(37)32-20(2)21-4-3-5-25(14-21)40-13-10-36/h3-7,14-16,20,24,36H,8-13,17-18H2,1-2H3,(H,32,37)(H,31,33,34)/t20-/m1/s1. The van der Waals surface area contributed by atoms with Crippen molar-refractivity contribution in [3.05, 3.63) is 70.9 Å². The van der Waals surface area contributed by atoms with Crippen molar-refractivity contribution in [2.45, 2.75) is 45.3 Å². The maximum Gasteiger partial charge on any atom is 0.254 e. The molecule has 10 nitrogen and oxygen atoms in total. The van der Waals surface area contributed by atoms with E-state index in [9.17, 15) is 9.59 Å². The molecule has 3 aromatic rings. The van der Waals surface area contributed by atoms with Gasteiger partial charge in [-0.25, -0.2) is 9.97 Å². The molecule has 0 saturated carbocycles. The van der Waals surface area contributed by atoms with Crippen molar-refractivity contribution in [1.29, 1.82) is 0 Å². The normalized spacial score (nSPS) is 16.0. The molecular formula is C30H35N5O5. The smallest absolute Gasteiger partial charge is 0.254 e. The van der Waals surface area contributed by atoms with E-state index in [2.05, 4.69) is 15.6 Å². The Balaban J connectivity index is 1.23. The van der Waals surface area contributed by atoms with Crippen molar-refractivity contribution < 1.29 is 24.2 Å². The average Bonchev–Trinajstić information content (AvgIpc) is 3.27. The number of carbonyl (C=O) groups is 2. The molecule has 0 unspecified atom stereocenters. The molecule has 3 N–H and O–H groups in total. The van der Waals surface area contributed by atoms with Gasteiger partial charge < -0.3 is 30.1 Å². The number of ether oxygens (including phenoxy) is 2. The number of aliphatic hydroxyl groups is 1. The molecule has 40 heavy (non-hydrogen) atoms. The predicted octanol–water partition coefficient (Wildman–Crippen LogP) is 3.25. The van der Waals surface area contributed by atoms with Gasteiger partial charge >= 0.3 is 0 Å². The summed E-state index contributed by atoms with van der Waals surface area (Å²) in [5.74, 6) is 0.772. The monoisotopic (exact) mass is 545 g/mol. The van der Waals surface area contributed by atoms with E-state index in [0.717, 1.165) is 54.0 Å². The van der Waals surface area contributed by atoms with Gasteiger partial charge in [0, 0.05) is 43.1 Å². The van der Waals surface area contributed by atoms with Crippen molar-refractivity contribution in [2.24, 2.45) is 0 Å². The maximum absolute atomic E-state index is 13.3. The first-order chi connectivity index (χ1) is 19.4. The molecule has 10 heteroatoms. The molecule has 5 rings (SSSR count). The Morgan fingerprint density at radius 2 is 2.05 bits per heavy atom. The number of amides is 2. The molecule has 210 valence electrons. The van der Waals surface area contributed by atoms with Crippen LogP contribution in [0.4, 0.5) is 5.95 Å². The van der Waals surface area contributed by atoms with E-state index >= 15 is 0 Å². The largest absolute Gasteiger partial charge is 0.491 e. The van der Waals surface area contributed by atoms with E-state index in [1.54, 1.807) is 17.2 Å². The first kappa shape index (κ1) is 27.5. The van der Waals surface area contributed by atoms with Gasteiger partial charge in [0.1, 0.15) is 18.9 Å². The zero-order valence-corrected chi connectivity index (χ0v) is 22.9. The van der Waals surface area contributed by atoms with Gasteiger partial charge in [-0.2, -0.15) is 0 Å². The number of aliphatic hydroxyl groups excluding tert-OH is 1. The summed E-state index contributed by atoms with van der Waals surface area (Å²) in [6.07, 6.45) is 3.62. The Morgan fingerprint density at radius 3 is 2.85 bits per heavy atom. The lowest BCUT2D eigenvalue weighted by molar-refractivity contribution is -0.122. The molecule has 2 amide bonds. The van der Waals surface area contributed by atoms with Crippen LogP contribution in [0.25, 0.3) is 11.3 Å². The lowest BCUT2D eigenvalue weighted by atomic mass is 10.0. The number of rotatable bonds is 10. The van der Waals surface area contributed by atoms with Crippen molar-refractivity contribution in [1.82, 2.24) is 20.2 Å². The van der Waals surface area contributed by atoms with E-state index in [1.807, 2.05) is 50.2 Å². The first-order valence-corrected chi connectivity index (χ1v) is 13.6. The summed E-state index contributed by atoms with van der Waals surface area (Å²) in [7, 11) is 0. The summed E-state index contributed by atoms with van der Waals surface area (Å²) >= 11 is 0. The zero-order valence-electron chi connectivity index (χ0n) is 22.9. The molecule has 1 aromatic heterocycles. The number of anilines is 1. The number of carbonyl (C=O) groups excluding carboxylic acids is 2. The van der Waals surface area contributed by atoms with Gasteiger partial charge in [-0.15, -0.1) is 0 Å². The number of fused-ring (bicyclic) bond motifs is 1. The third kappa shape index (κ3) is 6.40. The van der Waals surface area contributed by atoms with Crippen LogP contribution >= 0.6 is 0 Å². The summed E-state index contributed by atoms with van der Waals surface area (Å²) in [5, 5.41) is 15.3. The van der Waals surface area contributed by atoms with E-state index in [1.165, 1.54) is 0 Å². The van der Waals surface area contributed by atoms with Crippen LogP contribution in [0.1, 0.15) is 52.9 Å². The molecule has 0 spiro atoms. The van der Waals surface area contributed by atoms with Crippen molar-refractivity contribution >= 4 is 17.8 Å². The minimum absolute atomic E-state index is 0.0421. The third-order valence-electron chi connectivity index (χ3n) is 7.22.